The normalized spacial score (nSPS) is 18.0. The maximum atomic E-state index is 2.34. The molecule has 0 heterocycles. The zero-order valence-corrected chi connectivity index (χ0v) is 8.86. The summed E-state index contributed by atoms with van der Waals surface area (Å²) in [6, 6.07) is 0. The zero-order chi connectivity index (χ0) is 8.81. The molecule has 1 aliphatic carbocycles. The maximum Gasteiger partial charge on any atom is 0.0265 e. The van der Waals surface area contributed by atoms with E-state index in [1.54, 1.807) is 0 Å². The van der Waals surface area contributed by atoms with Crippen LogP contribution in [0.5, 0.6) is 0 Å². The fourth-order valence-corrected chi connectivity index (χ4v) is 2.45. The van der Waals surface area contributed by atoms with Gasteiger partial charge in [-0.2, -0.15) is 11.8 Å². The van der Waals surface area contributed by atoms with E-state index in [0.717, 1.165) is 6.42 Å². The molecule has 0 spiro atoms. The first-order chi connectivity index (χ1) is 5.84. The zero-order valence-electron chi connectivity index (χ0n) is 8.05. The van der Waals surface area contributed by atoms with E-state index >= 15 is 0 Å². The van der Waals surface area contributed by atoms with Gasteiger partial charge in [-0.05, 0) is 31.1 Å². The van der Waals surface area contributed by atoms with Gasteiger partial charge in [-0.25, -0.2) is 0 Å². The van der Waals surface area contributed by atoms with Crippen LogP contribution in [0.2, 0.25) is 0 Å². The molecule has 0 N–H and O–H groups in total. The Bertz CT molecular complexity index is 179. The second-order valence-corrected chi connectivity index (χ2v) is 4.66. The van der Waals surface area contributed by atoms with Crippen LogP contribution in [-0.2, 0) is 0 Å². The van der Waals surface area contributed by atoms with Gasteiger partial charge in [0.1, 0.15) is 0 Å². The summed E-state index contributed by atoms with van der Waals surface area (Å²) >= 11 is 2.08. The first kappa shape index (κ1) is 9.91. The van der Waals surface area contributed by atoms with E-state index in [-0.39, 0.29) is 0 Å². The quantitative estimate of drug-likeness (QED) is 0.583. The molecule has 1 heteroatoms. The van der Waals surface area contributed by atoms with E-state index in [0.29, 0.717) is 5.25 Å². The van der Waals surface area contributed by atoms with Crippen LogP contribution in [0.25, 0.3) is 0 Å². The molecule has 0 amide bonds. The Kier molecular flexibility index (Phi) is 4.52. The smallest absolute Gasteiger partial charge is 0.0265 e. The van der Waals surface area contributed by atoms with Crippen LogP contribution in [0.15, 0.2) is 23.8 Å². The summed E-state index contributed by atoms with van der Waals surface area (Å²) in [6.07, 6.45) is 10.7. The van der Waals surface area contributed by atoms with E-state index in [1.807, 2.05) is 0 Å². The van der Waals surface area contributed by atoms with Crippen LogP contribution in [0.4, 0.5) is 0 Å². The summed E-state index contributed by atoms with van der Waals surface area (Å²) < 4.78 is 0. The summed E-state index contributed by atoms with van der Waals surface area (Å²) in [5.74, 6) is 1.31. The Balaban J connectivity index is 2.19. The van der Waals surface area contributed by atoms with Gasteiger partial charge in [0, 0.05) is 5.25 Å². The topological polar surface area (TPSA) is 0 Å². The van der Waals surface area contributed by atoms with Gasteiger partial charge in [0.15, 0.2) is 0 Å². The van der Waals surface area contributed by atoms with Gasteiger partial charge < -0.3 is 0 Å². The Labute approximate surface area is 80.1 Å². The third-order valence-electron chi connectivity index (χ3n) is 2.14. The van der Waals surface area contributed by atoms with Gasteiger partial charge in [0.25, 0.3) is 0 Å². The Morgan fingerprint density at radius 3 is 3.00 bits per heavy atom. The molecule has 0 fully saturated rings. The van der Waals surface area contributed by atoms with Crippen molar-refractivity contribution in [2.45, 2.75) is 38.4 Å². The van der Waals surface area contributed by atoms with E-state index in [1.165, 1.54) is 24.2 Å². The van der Waals surface area contributed by atoms with Crippen molar-refractivity contribution >= 4 is 11.8 Å². The lowest BCUT2D eigenvalue weighted by Gasteiger charge is -2.10. The molecule has 68 valence electrons. The van der Waals surface area contributed by atoms with E-state index in [4.69, 9.17) is 0 Å². The first-order valence-electron chi connectivity index (χ1n) is 4.82. The second-order valence-electron chi connectivity index (χ2n) is 3.21. The summed E-state index contributed by atoms with van der Waals surface area (Å²) in [4.78, 5) is 0. The number of hydrogen-bond donors (Lipinski definition) is 0. The van der Waals surface area contributed by atoms with Gasteiger partial charge >= 0.3 is 0 Å². The lowest BCUT2D eigenvalue weighted by molar-refractivity contribution is 0.894. The van der Waals surface area contributed by atoms with Crippen LogP contribution in [0, 0.1) is 0 Å². The minimum absolute atomic E-state index is 0.704. The number of unbranched alkanes of at least 4 members (excludes halogenated alkanes) is 1. The van der Waals surface area contributed by atoms with Gasteiger partial charge in [-0.3, -0.25) is 0 Å². The van der Waals surface area contributed by atoms with Crippen molar-refractivity contribution < 1.29 is 0 Å². The third kappa shape index (κ3) is 3.06. The molecular weight excluding hydrogens is 164 g/mol. The van der Waals surface area contributed by atoms with Crippen LogP contribution in [0.1, 0.15) is 33.1 Å². The molecule has 0 radical (unpaired) electrons. The molecule has 0 aromatic carbocycles. The molecule has 12 heavy (non-hydrogen) atoms. The van der Waals surface area contributed by atoms with Gasteiger partial charge in [0.05, 0.1) is 0 Å². The van der Waals surface area contributed by atoms with Crippen LogP contribution in [-0.4, -0.2) is 11.0 Å². The van der Waals surface area contributed by atoms with Crippen molar-refractivity contribution in [3.8, 4) is 0 Å². The summed E-state index contributed by atoms with van der Waals surface area (Å²) in [5.41, 5.74) is 1.52. The van der Waals surface area contributed by atoms with Crippen molar-refractivity contribution in [1.29, 1.82) is 0 Å². The number of thioether (sulfide) groups is 1. The molecule has 0 aromatic rings. The first-order valence-corrected chi connectivity index (χ1v) is 5.87. The standard InChI is InChI=1S/C11H18S/c1-3-4-9-12-10(2)11-7-5-6-8-11/h5,7-8,10H,3-4,6,9H2,1-2H3. The van der Waals surface area contributed by atoms with E-state index in [2.05, 4.69) is 43.8 Å². The summed E-state index contributed by atoms with van der Waals surface area (Å²) in [5, 5.41) is 0.704. The van der Waals surface area contributed by atoms with Crippen molar-refractivity contribution in [2.24, 2.45) is 0 Å². The molecule has 1 aliphatic rings. The predicted octanol–water partition coefficient (Wildman–Crippen LogP) is 3.79. The molecule has 0 bridgehead atoms. The highest BCUT2D eigenvalue weighted by molar-refractivity contribution is 8.00. The third-order valence-corrected chi connectivity index (χ3v) is 3.43. The monoisotopic (exact) mass is 182 g/mol. The molecule has 1 atom stereocenters. The van der Waals surface area contributed by atoms with Crippen LogP contribution < -0.4 is 0 Å². The van der Waals surface area contributed by atoms with Crippen LogP contribution >= 0.6 is 11.8 Å². The molecule has 0 aromatic heterocycles. The highest BCUT2D eigenvalue weighted by atomic mass is 32.2. The highest BCUT2D eigenvalue weighted by Crippen LogP contribution is 2.24. The average Bonchev–Trinajstić information content (AvgIpc) is 2.56. The van der Waals surface area contributed by atoms with Crippen LogP contribution in [0.3, 0.4) is 0 Å². The highest BCUT2D eigenvalue weighted by Gasteiger charge is 2.07. The number of allylic oxidation sites excluding steroid dienone is 3. The Morgan fingerprint density at radius 1 is 1.58 bits per heavy atom. The second kappa shape index (κ2) is 5.47. The van der Waals surface area contributed by atoms with Gasteiger partial charge in [0.2, 0.25) is 0 Å². The number of hydrogen-bond acceptors (Lipinski definition) is 1. The minimum atomic E-state index is 0.704. The molecule has 0 nitrogen and oxygen atoms in total. The summed E-state index contributed by atoms with van der Waals surface area (Å²) in [6.45, 7) is 4.56. The Hall–Kier alpha value is -0.170. The number of rotatable bonds is 5. The van der Waals surface area contributed by atoms with Crippen molar-refractivity contribution in [2.75, 3.05) is 5.75 Å². The fraction of sp³-hybridized carbons (Fsp3) is 0.636. The molecule has 1 rings (SSSR count). The lowest BCUT2D eigenvalue weighted by atomic mass is 10.2. The van der Waals surface area contributed by atoms with Crippen molar-refractivity contribution in [3.63, 3.8) is 0 Å². The summed E-state index contributed by atoms with van der Waals surface area (Å²) in [7, 11) is 0. The van der Waals surface area contributed by atoms with Crippen molar-refractivity contribution in [1.82, 2.24) is 0 Å². The molecule has 0 saturated carbocycles. The maximum absolute atomic E-state index is 2.34. The minimum Gasteiger partial charge on any atom is -0.154 e. The van der Waals surface area contributed by atoms with Gasteiger partial charge in [-0.15, -0.1) is 0 Å². The van der Waals surface area contributed by atoms with E-state index < -0.39 is 0 Å². The molecular formula is C11H18S. The molecule has 1 unspecified atom stereocenters. The lowest BCUT2D eigenvalue weighted by Crippen LogP contribution is -1.98. The molecule has 0 aliphatic heterocycles. The van der Waals surface area contributed by atoms with Gasteiger partial charge in [-0.1, -0.05) is 31.6 Å². The largest absolute Gasteiger partial charge is 0.154 e. The fourth-order valence-electron chi connectivity index (χ4n) is 1.28. The molecule has 0 saturated heterocycles. The van der Waals surface area contributed by atoms with Crippen molar-refractivity contribution in [3.05, 3.63) is 23.8 Å². The Morgan fingerprint density at radius 2 is 2.42 bits per heavy atom. The average molecular weight is 182 g/mol. The predicted molar refractivity (Wildman–Crippen MR) is 58.7 cm³/mol. The SMILES string of the molecule is CCCCSC(C)C1=CCC=C1. The van der Waals surface area contributed by atoms with E-state index in [9.17, 15) is 0 Å².